The first-order valence-corrected chi connectivity index (χ1v) is 10.9. The zero-order valence-electron chi connectivity index (χ0n) is 16.8. The van der Waals surface area contributed by atoms with E-state index in [0.29, 0.717) is 45.9 Å². The lowest BCUT2D eigenvalue weighted by molar-refractivity contribution is 0.0216. The summed E-state index contributed by atoms with van der Waals surface area (Å²) < 4.78 is 7.38. The molecule has 0 bridgehead atoms. The summed E-state index contributed by atoms with van der Waals surface area (Å²) in [7, 11) is 0. The van der Waals surface area contributed by atoms with E-state index in [1.807, 2.05) is 13.8 Å². The van der Waals surface area contributed by atoms with E-state index in [1.165, 1.54) is 17.8 Å². The van der Waals surface area contributed by atoms with Crippen LogP contribution in [0.2, 0.25) is 0 Å². The third-order valence-electron chi connectivity index (χ3n) is 5.28. The summed E-state index contributed by atoms with van der Waals surface area (Å²) in [6, 6.07) is 2.12. The van der Waals surface area contributed by atoms with Gasteiger partial charge in [0.05, 0.1) is 11.5 Å². The van der Waals surface area contributed by atoms with E-state index in [9.17, 15) is 9.59 Å². The van der Waals surface area contributed by atoms with E-state index in [2.05, 4.69) is 6.07 Å². The number of fused-ring (bicyclic) bond motifs is 1. The molecule has 2 heterocycles. The van der Waals surface area contributed by atoms with Gasteiger partial charge in [-0.05, 0) is 44.6 Å². The smallest absolute Gasteiger partial charge is 0.348 e. The van der Waals surface area contributed by atoms with Gasteiger partial charge in [0.25, 0.3) is 5.56 Å². The van der Waals surface area contributed by atoms with Crippen LogP contribution < -0.4 is 5.56 Å². The van der Waals surface area contributed by atoms with Crippen LogP contribution in [-0.2, 0) is 11.3 Å². The van der Waals surface area contributed by atoms with Crippen LogP contribution in [0, 0.1) is 18.3 Å². The van der Waals surface area contributed by atoms with Crippen molar-refractivity contribution in [3.05, 3.63) is 26.6 Å². The van der Waals surface area contributed by atoms with Gasteiger partial charge < -0.3 is 4.74 Å². The number of nitrogens with zero attached hydrogens (tertiary/aromatic N) is 3. The molecule has 28 heavy (non-hydrogen) atoms. The van der Waals surface area contributed by atoms with E-state index < -0.39 is 0 Å². The Labute approximate surface area is 169 Å². The van der Waals surface area contributed by atoms with Crippen molar-refractivity contribution in [2.75, 3.05) is 0 Å². The van der Waals surface area contributed by atoms with Crippen LogP contribution in [0.3, 0.4) is 0 Å². The van der Waals surface area contributed by atoms with Gasteiger partial charge in [-0.3, -0.25) is 9.36 Å². The summed E-state index contributed by atoms with van der Waals surface area (Å²) in [5.41, 5.74) is 0.528. The maximum Gasteiger partial charge on any atom is 0.348 e. The predicted molar refractivity (Wildman–Crippen MR) is 110 cm³/mol. The molecule has 0 saturated heterocycles. The molecular weight excluding hydrogens is 374 g/mol. The molecule has 1 aliphatic rings. The number of unbranched alkanes of at least 4 members (excludes halogenated alkanes) is 1. The minimum atomic E-state index is -0.339. The maximum absolute atomic E-state index is 13.2. The Morgan fingerprint density at radius 3 is 2.71 bits per heavy atom. The van der Waals surface area contributed by atoms with Crippen molar-refractivity contribution in [3.63, 3.8) is 0 Å². The number of rotatable bonds is 6. The number of esters is 1. The minimum absolute atomic E-state index is 0.0207. The molecule has 150 valence electrons. The van der Waals surface area contributed by atoms with Crippen molar-refractivity contribution in [1.82, 2.24) is 9.55 Å². The van der Waals surface area contributed by atoms with E-state index in [4.69, 9.17) is 15.0 Å². The number of thiophene rings is 1. The third-order valence-corrected chi connectivity index (χ3v) is 6.44. The highest BCUT2D eigenvalue weighted by Gasteiger charge is 2.25. The molecule has 0 aromatic carbocycles. The fourth-order valence-corrected chi connectivity index (χ4v) is 4.85. The maximum atomic E-state index is 13.2. The van der Waals surface area contributed by atoms with Crippen molar-refractivity contribution in [2.24, 2.45) is 0 Å². The highest BCUT2D eigenvalue weighted by Crippen LogP contribution is 2.30. The molecule has 0 spiro atoms. The summed E-state index contributed by atoms with van der Waals surface area (Å²) in [6.07, 6.45) is 6.18. The van der Waals surface area contributed by atoms with Gasteiger partial charge in [-0.2, -0.15) is 5.26 Å². The zero-order chi connectivity index (χ0) is 20.3. The van der Waals surface area contributed by atoms with Gasteiger partial charge in [-0.1, -0.05) is 20.3 Å². The number of carbonyl (C=O) groups excluding carboxylic acids is 1. The van der Waals surface area contributed by atoms with Crippen LogP contribution in [0.1, 0.15) is 85.8 Å². The monoisotopic (exact) mass is 401 g/mol. The lowest BCUT2D eigenvalue weighted by Crippen LogP contribution is -2.26. The van der Waals surface area contributed by atoms with Gasteiger partial charge in [0.15, 0.2) is 0 Å². The van der Waals surface area contributed by atoms with Crippen molar-refractivity contribution in [2.45, 2.75) is 84.3 Å². The number of carbonyl (C=O) groups is 1. The van der Waals surface area contributed by atoms with E-state index in [0.717, 1.165) is 25.7 Å². The Kier molecular flexibility index (Phi) is 6.50. The number of aryl methyl sites for hydroxylation is 1. The average molecular weight is 402 g/mol. The molecule has 2 aromatic heterocycles. The van der Waals surface area contributed by atoms with Crippen LogP contribution in [0.5, 0.6) is 0 Å². The highest BCUT2D eigenvalue weighted by atomic mass is 32.1. The minimum Gasteiger partial charge on any atom is -0.458 e. The Morgan fingerprint density at radius 1 is 1.36 bits per heavy atom. The Balaban J connectivity index is 1.99. The molecular formula is C21H27N3O3S. The molecule has 0 N–H and O–H groups in total. The molecule has 6 nitrogen and oxygen atoms in total. The summed E-state index contributed by atoms with van der Waals surface area (Å²) in [4.78, 5) is 31.7. The first-order chi connectivity index (χ1) is 13.4. The molecule has 0 amide bonds. The van der Waals surface area contributed by atoms with E-state index >= 15 is 0 Å². The predicted octanol–water partition coefficient (Wildman–Crippen LogP) is 4.68. The lowest BCUT2D eigenvalue weighted by atomic mass is 9.98. The first-order valence-electron chi connectivity index (χ1n) is 10.1. The van der Waals surface area contributed by atoms with Crippen molar-refractivity contribution in [1.29, 1.82) is 5.26 Å². The van der Waals surface area contributed by atoms with Crippen LogP contribution in [0.15, 0.2) is 4.79 Å². The Hall–Kier alpha value is -2.20. The fourth-order valence-electron chi connectivity index (χ4n) is 3.79. The molecule has 1 aliphatic carbocycles. The fraction of sp³-hybridized carbons (Fsp3) is 0.619. The van der Waals surface area contributed by atoms with Crippen molar-refractivity contribution < 1.29 is 9.53 Å². The molecule has 0 aliphatic heterocycles. The summed E-state index contributed by atoms with van der Waals surface area (Å²) in [5.74, 6) is 0.428. The molecule has 2 aromatic rings. The quantitative estimate of drug-likeness (QED) is 0.518. The zero-order valence-corrected chi connectivity index (χ0v) is 17.6. The molecule has 0 unspecified atom stereocenters. The normalized spacial score (nSPS) is 15.1. The second-order valence-corrected chi connectivity index (χ2v) is 8.74. The van der Waals surface area contributed by atoms with Crippen LogP contribution in [0.4, 0.5) is 0 Å². The largest absolute Gasteiger partial charge is 0.458 e. The van der Waals surface area contributed by atoms with Crippen molar-refractivity contribution >= 4 is 27.5 Å². The van der Waals surface area contributed by atoms with E-state index in [-0.39, 0.29) is 23.6 Å². The van der Waals surface area contributed by atoms with Crippen LogP contribution >= 0.6 is 11.3 Å². The number of nitriles is 1. The highest BCUT2D eigenvalue weighted by molar-refractivity contribution is 7.20. The van der Waals surface area contributed by atoms with Gasteiger partial charge in [-0.15, -0.1) is 11.3 Å². The topological polar surface area (TPSA) is 85.0 Å². The first kappa shape index (κ1) is 20.5. The summed E-state index contributed by atoms with van der Waals surface area (Å²) in [5, 5.41) is 9.31. The molecule has 1 saturated carbocycles. The number of hydrogen-bond donors (Lipinski definition) is 0. The molecule has 7 heteroatoms. The van der Waals surface area contributed by atoms with Gasteiger partial charge in [0.1, 0.15) is 21.6 Å². The Bertz CT molecular complexity index is 962. The SMILES string of the molecule is Cc1c(C(=O)OC2CCCCC2)sc2nc(C(C)C)n(CCCC#N)c(=O)c12. The third kappa shape index (κ3) is 4.12. The van der Waals surface area contributed by atoms with Crippen molar-refractivity contribution in [3.8, 4) is 6.07 Å². The standard InChI is InChI=1S/C21H27N3O3S/c1-13(2)18-23-19-16(20(25)24(18)12-8-7-11-22)14(3)17(28-19)21(26)27-15-9-5-4-6-10-15/h13,15H,4-10,12H2,1-3H3. The molecule has 0 radical (unpaired) electrons. The van der Waals surface area contributed by atoms with E-state index in [1.54, 1.807) is 11.5 Å². The number of hydrogen-bond acceptors (Lipinski definition) is 6. The van der Waals surface area contributed by atoms with Crippen LogP contribution in [0.25, 0.3) is 10.2 Å². The molecule has 0 atom stereocenters. The Morgan fingerprint density at radius 2 is 2.07 bits per heavy atom. The lowest BCUT2D eigenvalue weighted by Gasteiger charge is -2.21. The average Bonchev–Trinajstić information content (AvgIpc) is 3.01. The molecule has 1 fully saturated rings. The summed E-state index contributed by atoms with van der Waals surface area (Å²) in [6.45, 7) is 6.24. The number of aromatic nitrogens is 2. The summed E-state index contributed by atoms with van der Waals surface area (Å²) >= 11 is 1.25. The van der Waals surface area contributed by atoms with Crippen LogP contribution in [-0.4, -0.2) is 21.6 Å². The second kappa shape index (κ2) is 8.87. The van der Waals surface area contributed by atoms with Gasteiger partial charge in [0, 0.05) is 18.9 Å². The molecule has 3 rings (SSSR count). The van der Waals surface area contributed by atoms with Gasteiger partial charge in [-0.25, -0.2) is 9.78 Å². The van der Waals surface area contributed by atoms with Gasteiger partial charge >= 0.3 is 5.97 Å². The number of ether oxygens (including phenoxy) is 1. The van der Waals surface area contributed by atoms with Gasteiger partial charge in [0.2, 0.25) is 0 Å². The second-order valence-electron chi connectivity index (χ2n) is 7.74.